The highest BCUT2D eigenvalue weighted by Gasteiger charge is 2.04. The third kappa shape index (κ3) is 3.84. The van der Waals surface area contributed by atoms with Gasteiger partial charge in [0.05, 0.1) is 6.61 Å². The first kappa shape index (κ1) is 15.9. The summed E-state index contributed by atoms with van der Waals surface area (Å²) in [6, 6.07) is 15.9. The summed E-state index contributed by atoms with van der Waals surface area (Å²) >= 11 is 0. The zero-order chi connectivity index (χ0) is 16.8. The van der Waals surface area contributed by atoms with Crippen LogP contribution in [0.15, 0.2) is 60.8 Å². The van der Waals surface area contributed by atoms with Crippen LogP contribution in [0.4, 0.5) is 0 Å². The lowest BCUT2D eigenvalue weighted by Gasteiger charge is -2.06. The zero-order valence-electron chi connectivity index (χ0n) is 13.5. The first-order chi connectivity index (χ1) is 11.8. The molecule has 4 heteroatoms. The van der Waals surface area contributed by atoms with Crippen molar-refractivity contribution in [2.24, 2.45) is 0 Å². The minimum Gasteiger partial charge on any atom is -0.489 e. The number of benzene rings is 2. The first-order valence-electron chi connectivity index (χ1n) is 7.89. The number of carbonyl (C=O) groups excluding carboxylic acids is 1. The summed E-state index contributed by atoms with van der Waals surface area (Å²) < 4.78 is 10.8. The van der Waals surface area contributed by atoms with E-state index in [1.807, 2.05) is 54.7 Å². The van der Waals surface area contributed by atoms with Crippen LogP contribution in [0.1, 0.15) is 18.1 Å². The fourth-order valence-corrected chi connectivity index (χ4v) is 2.44. The van der Waals surface area contributed by atoms with Crippen molar-refractivity contribution in [2.45, 2.75) is 13.5 Å². The van der Waals surface area contributed by atoms with Gasteiger partial charge in [-0.15, -0.1) is 0 Å². The van der Waals surface area contributed by atoms with Gasteiger partial charge in [-0.1, -0.05) is 30.3 Å². The van der Waals surface area contributed by atoms with E-state index in [-0.39, 0.29) is 5.97 Å². The second kappa shape index (κ2) is 7.51. The number of H-pyrrole nitrogens is 1. The number of aromatic amines is 1. The van der Waals surface area contributed by atoms with E-state index in [0.717, 1.165) is 27.8 Å². The molecule has 1 aromatic heterocycles. The monoisotopic (exact) mass is 321 g/mol. The average molecular weight is 321 g/mol. The fourth-order valence-electron chi connectivity index (χ4n) is 2.44. The van der Waals surface area contributed by atoms with Crippen LogP contribution in [0, 0.1) is 0 Å². The molecule has 1 N–H and O–H groups in total. The topological polar surface area (TPSA) is 51.3 Å². The van der Waals surface area contributed by atoms with Gasteiger partial charge in [0, 0.05) is 28.7 Å². The standard InChI is InChI=1S/C20H19NO3/c1-2-23-20(22)11-8-16-13-21-19-10-9-17(12-18(16)19)24-14-15-6-4-3-5-7-15/h3-13,21H,2,14H2,1H3. The molecule has 0 aliphatic rings. The molecule has 0 aliphatic carbocycles. The number of aromatic nitrogens is 1. The van der Waals surface area contributed by atoms with Crippen LogP contribution in [-0.4, -0.2) is 17.6 Å². The maximum atomic E-state index is 11.5. The Kier molecular flexibility index (Phi) is 4.96. The third-order valence-corrected chi connectivity index (χ3v) is 3.62. The van der Waals surface area contributed by atoms with Crippen LogP contribution in [0.5, 0.6) is 5.75 Å². The van der Waals surface area contributed by atoms with Crippen LogP contribution in [0.3, 0.4) is 0 Å². The number of fused-ring (bicyclic) bond motifs is 1. The molecule has 0 saturated carbocycles. The minimum absolute atomic E-state index is 0.344. The van der Waals surface area contributed by atoms with E-state index < -0.39 is 0 Å². The summed E-state index contributed by atoms with van der Waals surface area (Å²) in [5.41, 5.74) is 3.03. The van der Waals surface area contributed by atoms with Gasteiger partial charge in [-0.2, -0.15) is 0 Å². The molecule has 0 radical (unpaired) electrons. The maximum Gasteiger partial charge on any atom is 0.330 e. The average Bonchev–Trinajstić information content (AvgIpc) is 3.02. The first-order valence-corrected chi connectivity index (χ1v) is 7.89. The van der Waals surface area contributed by atoms with Crippen LogP contribution < -0.4 is 4.74 Å². The number of rotatable bonds is 6. The van der Waals surface area contributed by atoms with Crippen molar-refractivity contribution in [2.75, 3.05) is 6.61 Å². The van der Waals surface area contributed by atoms with E-state index in [1.54, 1.807) is 13.0 Å². The van der Waals surface area contributed by atoms with Gasteiger partial charge in [0.1, 0.15) is 12.4 Å². The summed E-state index contributed by atoms with van der Waals surface area (Å²) in [7, 11) is 0. The molecule has 4 nitrogen and oxygen atoms in total. The van der Waals surface area contributed by atoms with Crippen molar-refractivity contribution in [3.63, 3.8) is 0 Å². The van der Waals surface area contributed by atoms with Crippen LogP contribution >= 0.6 is 0 Å². The number of hydrogen-bond acceptors (Lipinski definition) is 3. The molecule has 1 heterocycles. The Morgan fingerprint density at radius 3 is 2.79 bits per heavy atom. The molecule has 0 spiro atoms. The van der Waals surface area contributed by atoms with E-state index in [4.69, 9.17) is 9.47 Å². The number of ether oxygens (including phenoxy) is 2. The van der Waals surface area contributed by atoms with Crippen LogP contribution in [0.2, 0.25) is 0 Å². The molecule has 0 saturated heterocycles. The van der Waals surface area contributed by atoms with Crippen molar-refractivity contribution in [3.8, 4) is 5.75 Å². The maximum absolute atomic E-state index is 11.5. The summed E-state index contributed by atoms with van der Waals surface area (Å²) in [6.07, 6.45) is 5.04. The Morgan fingerprint density at radius 2 is 2.00 bits per heavy atom. The fraction of sp³-hybridized carbons (Fsp3) is 0.150. The number of carbonyl (C=O) groups is 1. The lowest BCUT2D eigenvalue weighted by molar-refractivity contribution is -0.137. The number of esters is 1. The second-order valence-corrected chi connectivity index (χ2v) is 5.31. The second-order valence-electron chi connectivity index (χ2n) is 5.31. The van der Waals surface area contributed by atoms with Gasteiger partial charge in [0.2, 0.25) is 0 Å². The number of nitrogens with one attached hydrogen (secondary N) is 1. The van der Waals surface area contributed by atoms with E-state index in [2.05, 4.69) is 4.98 Å². The molecule has 0 amide bonds. The van der Waals surface area contributed by atoms with Crippen LogP contribution in [0.25, 0.3) is 17.0 Å². The highest BCUT2D eigenvalue weighted by molar-refractivity contribution is 5.94. The van der Waals surface area contributed by atoms with Gasteiger partial charge in [-0.3, -0.25) is 0 Å². The lowest BCUT2D eigenvalue weighted by Crippen LogP contribution is -1.98. The van der Waals surface area contributed by atoms with Crippen molar-refractivity contribution >= 4 is 22.9 Å². The quantitative estimate of drug-likeness (QED) is 0.543. The van der Waals surface area contributed by atoms with Gasteiger partial charge in [0.15, 0.2) is 0 Å². The minimum atomic E-state index is -0.344. The van der Waals surface area contributed by atoms with Crippen LogP contribution in [-0.2, 0) is 16.1 Å². The van der Waals surface area contributed by atoms with E-state index in [1.165, 1.54) is 6.08 Å². The van der Waals surface area contributed by atoms with Gasteiger partial charge < -0.3 is 14.5 Å². The van der Waals surface area contributed by atoms with Crippen molar-refractivity contribution in [1.29, 1.82) is 0 Å². The highest BCUT2D eigenvalue weighted by Crippen LogP contribution is 2.25. The molecule has 2 aromatic carbocycles. The Balaban J connectivity index is 1.77. The molecule has 3 rings (SSSR count). The predicted octanol–water partition coefficient (Wildman–Crippen LogP) is 4.32. The molecule has 0 atom stereocenters. The lowest BCUT2D eigenvalue weighted by atomic mass is 10.1. The van der Waals surface area contributed by atoms with Crippen molar-refractivity contribution < 1.29 is 14.3 Å². The van der Waals surface area contributed by atoms with E-state index in [0.29, 0.717) is 13.2 Å². The largest absolute Gasteiger partial charge is 0.489 e. The Bertz CT molecular complexity index is 850. The van der Waals surface area contributed by atoms with Crippen molar-refractivity contribution in [1.82, 2.24) is 4.98 Å². The van der Waals surface area contributed by atoms with Gasteiger partial charge in [-0.25, -0.2) is 4.79 Å². The molecule has 0 unspecified atom stereocenters. The zero-order valence-corrected chi connectivity index (χ0v) is 13.5. The molecular weight excluding hydrogens is 302 g/mol. The Morgan fingerprint density at radius 1 is 1.17 bits per heavy atom. The molecule has 0 aliphatic heterocycles. The van der Waals surface area contributed by atoms with Gasteiger partial charge >= 0.3 is 5.97 Å². The summed E-state index contributed by atoms with van der Waals surface area (Å²) in [5.74, 6) is 0.445. The Labute approximate surface area is 140 Å². The molecule has 24 heavy (non-hydrogen) atoms. The summed E-state index contributed by atoms with van der Waals surface area (Å²) in [5, 5.41) is 1.00. The molecule has 122 valence electrons. The Hall–Kier alpha value is -3.01. The highest BCUT2D eigenvalue weighted by atomic mass is 16.5. The van der Waals surface area contributed by atoms with Crippen molar-refractivity contribution in [3.05, 3.63) is 71.9 Å². The summed E-state index contributed by atoms with van der Waals surface area (Å²) in [6.45, 7) is 2.67. The normalized spacial score (nSPS) is 11.0. The number of hydrogen-bond donors (Lipinski definition) is 1. The molecule has 0 fully saturated rings. The van der Waals surface area contributed by atoms with Gasteiger partial charge in [0.25, 0.3) is 0 Å². The molecule has 0 bridgehead atoms. The molecule has 3 aromatic rings. The third-order valence-electron chi connectivity index (χ3n) is 3.62. The summed E-state index contributed by atoms with van der Waals surface area (Å²) in [4.78, 5) is 14.6. The van der Waals surface area contributed by atoms with E-state index in [9.17, 15) is 4.79 Å². The SMILES string of the molecule is CCOC(=O)C=Cc1c[nH]c2ccc(OCc3ccccc3)cc12. The predicted molar refractivity (Wildman–Crippen MR) is 94.7 cm³/mol. The van der Waals surface area contributed by atoms with Gasteiger partial charge in [-0.05, 0) is 36.8 Å². The van der Waals surface area contributed by atoms with E-state index >= 15 is 0 Å². The smallest absolute Gasteiger partial charge is 0.330 e. The molecular formula is C20H19NO3.